The highest BCUT2D eigenvalue weighted by atomic mass is 19.1. The van der Waals surface area contributed by atoms with Gasteiger partial charge in [-0.2, -0.15) is 0 Å². The lowest BCUT2D eigenvalue weighted by molar-refractivity contribution is -0.172. The monoisotopic (exact) mass is 1070 g/mol. The van der Waals surface area contributed by atoms with E-state index in [1.807, 2.05) is 48.5 Å². The Labute approximate surface area is 446 Å². The summed E-state index contributed by atoms with van der Waals surface area (Å²) in [5.41, 5.74) is 5.76. The van der Waals surface area contributed by atoms with E-state index in [1.165, 1.54) is 16.7 Å². The minimum Gasteiger partial charge on any atom is -0.461 e. The van der Waals surface area contributed by atoms with Crippen LogP contribution in [0.25, 0.3) is 33.4 Å². The number of nitrogens with one attached hydrogen (secondary N) is 5. The Kier molecular flexibility index (Phi) is 15.0. The van der Waals surface area contributed by atoms with Crippen molar-refractivity contribution in [3.63, 3.8) is 0 Å². The highest BCUT2D eigenvalue weighted by Crippen LogP contribution is 2.47. The Bertz CT molecular complexity index is 3350. The first-order valence-electron chi connectivity index (χ1n) is 26.0. The number of aliphatic hydroxyl groups is 1. The molecule has 0 saturated heterocycles. The zero-order chi connectivity index (χ0) is 55.0. The maximum atomic E-state index is 15.4. The summed E-state index contributed by atoms with van der Waals surface area (Å²) in [6.45, 7) is 5.29. The lowest BCUT2D eigenvalue weighted by atomic mass is 9.79. The van der Waals surface area contributed by atoms with Crippen LogP contribution in [-0.2, 0) is 72.9 Å². The van der Waals surface area contributed by atoms with Gasteiger partial charge in [-0.05, 0) is 90.5 Å². The molecule has 5 aliphatic rings. The predicted molar refractivity (Wildman–Crippen MR) is 277 cm³/mol. The Hall–Kier alpha value is -8.30. The first-order chi connectivity index (χ1) is 37.6. The molecule has 21 heteroatoms. The highest BCUT2D eigenvalue weighted by molar-refractivity contribution is 5.95. The number of rotatable bonds is 19. The zero-order valence-electron chi connectivity index (χ0n) is 43.0. The topological polar surface area (TPSA) is 272 Å². The summed E-state index contributed by atoms with van der Waals surface area (Å²) in [4.78, 5) is 110. The standard InChI is InChI=1S/C57H58FN7O13/c1-4-18-75-48(68)17-16-43(62-47(67)24-60-56(73)77-26-38-35-12-8-6-10-33(35)34-11-7-9-13-36(34)38)53(70)59-23-46(66)61-28-78-31-19-30(20-31)52(69)64-42-15-14-32-29(3)41(58)22-44-49(32)50(42)37-25-65-45(51(37)63-44)21-40-39(54(65)71)27-76-55(72)57(40,74)5-2/h4,6-13,21-22,30-31,38,42-43,74H,1,5,14-20,23-28H2,2-3H3,(H,59,70)(H,60,73)(H,61,66)(H,62,67)(H,64,69)/t30-,31+,42-,43-,57-/m0/s1. The number of carbonyl (C=O) groups is 7. The number of fused-ring (bicyclic) bond motifs is 8. The second-order valence-corrected chi connectivity index (χ2v) is 20.1. The van der Waals surface area contributed by atoms with E-state index in [4.69, 9.17) is 23.9 Å². The number of pyridine rings is 2. The fourth-order valence-corrected chi connectivity index (χ4v) is 11.3. The quantitative estimate of drug-likeness (QED) is 0.0288. The molecule has 1 fully saturated rings. The third-order valence-electron chi connectivity index (χ3n) is 15.6. The SMILES string of the molecule is C=CCOC(=O)CC[C@H](NC(=O)CNC(=O)OCC1c2ccccc2-c2ccccc21)C(=O)NCC(=O)NCO[C@H]1C[C@@H](C(=O)N[C@H]2CCc3c(C)c(F)cc4nc5c(c2c34)Cn2c-5cc3c(c2=O)COC(=O)[C@]3(O)CC)C1. The minimum atomic E-state index is -2.03. The van der Waals surface area contributed by atoms with Crippen LogP contribution in [0.2, 0.25) is 0 Å². The van der Waals surface area contributed by atoms with Gasteiger partial charge in [-0.25, -0.2) is 19.0 Å². The average molecular weight is 1070 g/mol. The number of halogens is 1. The summed E-state index contributed by atoms with van der Waals surface area (Å²) in [5, 5.41) is 25.2. The number of cyclic esters (lactones) is 1. The number of aromatic nitrogens is 2. The molecule has 2 aliphatic heterocycles. The molecule has 3 aromatic carbocycles. The van der Waals surface area contributed by atoms with Crippen molar-refractivity contribution in [3.05, 3.63) is 134 Å². The first kappa shape index (κ1) is 53.1. The first-order valence-corrected chi connectivity index (χ1v) is 26.0. The molecule has 5 amide bonds. The van der Waals surface area contributed by atoms with Gasteiger partial charge in [0.25, 0.3) is 5.56 Å². The van der Waals surface area contributed by atoms with E-state index in [0.29, 0.717) is 59.1 Å². The third kappa shape index (κ3) is 10.1. The fourth-order valence-electron chi connectivity index (χ4n) is 11.3. The maximum Gasteiger partial charge on any atom is 0.407 e. The molecule has 0 spiro atoms. The van der Waals surface area contributed by atoms with Gasteiger partial charge in [-0.3, -0.25) is 28.8 Å². The second-order valence-electron chi connectivity index (χ2n) is 20.1. The number of benzene rings is 3. The van der Waals surface area contributed by atoms with E-state index < -0.39 is 83.8 Å². The van der Waals surface area contributed by atoms with Gasteiger partial charge in [-0.1, -0.05) is 68.1 Å². The predicted octanol–water partition coefficient (Wildman–Crippen LogP) is 4.15. The van der Waals surface area contributed by atoms with Crippen LogP contribution < -0.4 is 32.1 Å². The van der Waals surface area contributed by atoms with E-state index in [-0.39, 0.29) is 81.4 Å². The summed E-state index contributed by atoms with van der Waals surface area (Å²) in [6.07, 6.45) is 1.26. The summed E-state index contributed by atoms with van der Waals surface area (Å²) >= 11 is 0. The van der Waals surface area contributed by atoms with E-state index in [0.717, 1.165) is 33.4 Å². The fraction of sp³-hybridized carbons (Fsp3) is 0.386. The van der Waals surface area contributed by atoms with Crippen molar-refractivity contribution in [2.75, 3.05) is 33.0 Å². The summed E-state index contributed by atoms with van der Waals surface area (Å²) in [5.74, 6) is -4.96. The number of alkyl carbamates (subject to hydrolysis) is 1. The molecule has 6 N–H and O–H groups in total. The molecule has 0 bridgehead atoms. The van der Waals surface area contributed by atoms with Gasteiger partial charge in [0.05, 0.1) is 47.7 Å². The number of amides is 5. The molecule has 78 heavy (non-hydrogen) atoms. The molecule has 3 aliphatic carbocycles. The number of hydrogen-bond acceptors (Lipinski definition) is 14. The van der Waals surface area contributed by atoms with Crippen molar-refractivity contribution >= 4 is 52.6 Å². The van der Waals surface area contributed by atoms with Gasteiger partial charge in [0, 0.05) is 40.8 Å². The maximum absolute atomic E-state index is 15.4. The number of esters is 2. The van der Waals surface area contributed by atoms with Crippen molar-refractivity contribution in [2.24, 2.45) is 5.92 Å². The number of nitrogens with zero attached hydrogens (tertiary/aromatic N) is 2. The Morgan fingerprint density at radius 3 is 2.38 bits per heavy atom. The molecule has 0 unspecified atom stereocenters. The second kappa shape index (κ2) is 22.0. The Morgan fingerprint density at radius 1 is 0.949 bits per heavy atom. The Morgan fingerprint density at radius 2 is 1.67 bits per heavy atom. The lowest BCUT2D eigenvalue weighted by Gasteiger charge is -2.36. The van der Waals surface area contributed by atoms with E-state index >= 15 is 4.39 Å². The average Bonchev–Trinajstić information content (AvgIpc) is 3.84. The van der Waals surface area contributed by atoms with Gasteiger partial charge in [0.1, 0.15) is 45.0 Å². The Balaban J connectivity index is 0.705. The molecule has 20 nitrogen and oxygen atoms in total. The van der Waals surface area contributed by atoms with Crippen molar-refractivity contribution in [1.29, 1.82) is 0 Å². The summed E-state index contributed by atoms with van der Waals surface area (Å²) in [7, 11) is 0. The number of hydrogen-bond donors (Lipinski definition) is 6. The van der Waals surface area contributed by atoms with Crippen LogP contribution in [0, 0.1) is 18.7 Å². The largest absolute Gasteiger partial charge is 0.461 e. The molecule has 406 valence electrons. The number of aryl methyl sites for hydroxylation is 1. The van der Waals surface area contributed by atoms with Gasteiger partial charge in [-0.15, -0.1) is 0 Å². The molecule has 4 heterocycles. The van der Waals surface area contributed by atoms with Gasteiger partial charge < -0.3 is 55.2 Å². The van der Waals surface area contributed by atoms with Crippen LogP contribution in [-0.4, -0.2) is 101 Å². The smallest absolute Gasteiger partial charge is 0.407 e. The van der Waals surface area contributed by atoms with E-state index in [2.05, 4.69) is 33.2 Å². The van der Waals surface area contributed by atoms with E-state index in [9.17, 15) is 43.5 Å². The molecule has 2 aromatic heterocycles. The van der Waals surface area contributed by atoms with Crippen LogP contribution >= 0.6 is 0 Å². The highest BCUT2D eigenvalue weighted by Gasteiger charge is 2.46. The molecule has 3 atom stereocenters. The van der Waals surface area contributed by atoms with Gasteiger partial charge >= 0.3 is 18.0 Å². The van der Waals surface area contributed by atoms with Gasteiger partial charge in [0.15, 0.2) is 5.60 Å². The summed E-state index contributed by atoms with van der Waals surface area (Å²) < 4.78 is 38.5. The summed E-state index contributed by atoms with van der Waals surface area (Å²) in [6, 6.07) is 16.8. The van der Waals surface area contributed by atoms with Crippen molar-refractivity contribution in [3.8, 4) is 22.5 Å². The van der Waals surface area contributed by atoms with E-state index in [1.54, 1.807) is 19.9 Å². The van der Waals surface area contributed by atoms with Crippen LogP contribution in [0.15, 0.2) is 78.1 Å². The van der Waals surface area contributed by atoms with Crippen molar-refractivity contribution < 1.29 is 62.0 Å². The molecular formula is C57H58FN7O13. The normalized spacial score (nSPS) is 19.5. The van der Waals surface area contributed by atoms with Crippen LogP contribution in [0.5, 0.6) is 0 Å². The third-order valence-corrected chi connectivity index (χ3v) is 15.6. The molecule has 10 rings (SSSR count). The van der Waals surface area contributed by atoms with Crippen molar-refractivity contribution in [2.45, 2.75) is 102 Å². The van der Waals surface area contributed by atoms with Crippen molar-refractivity contribution in [1.82, 2.24) is 36.1 Å². The molecule has 0 radical (unpaired) electrons. The molecular weight excluding hydrogens is 1010 g/mol. The number of ether oxygens (including phenoxy) is 4. The van der Waals surface area contributed by atoms with Crippen LogP contribution in [0.4, 0.5) is 9.18 Å². The minimum absolute atomic E-state index is 0.0211. The molecule has 5 aromatic rings. The number of carbonyl (C=O) groups excluding carboxylic acids is 7. The molecule has 1 saturated carbocycles. The van der Waals surface area contributed by atoms with Crippen LogP contribution in [0.3, 0.4) is 0 Å². The zero-order valence-corrected chi connectivity index (χ0v) is 43.0. The van der Waals surface area contributed by atoms with Gasteiger partial charge in [0.2, 0.25) is 23.6 Å². The van der Waals surface area contributed by atoms with Crippen LogP contribution in [0.1, 0.15) is 102 Å². The lowest BCUT2D eigenvalue weighted by Crippen LogP contribution is -2.51.